The maximum absolute atomic E-state index is 11.9. The molecule has 0 fully saturated rings. The predicted molar refractivity (Wildman–Crippen MR) is 82.2 cm³/mol. The molecule has 0 N–H and O–H groups in total. The molecule has 0 aromatic heterocycles. The van der Waals surface area contributed by atoms with Gasteiger partial charge in [0.1, 0.15) is 0 Å². The van der Waals surface area contributed by atoms with Crippen LogP contribution in [0, 0.1) is 11.8 Å². The topological polar surface area (TPSA) is 26.3 Å². The lowest BCUT2D eigenvalue weighted by Gasteiger charge is -2.14. The van der Waals surface area contributed by atoms with E-state index in [0.29, 0.717) is 6.61 Å². The molecule has 0 spiro atoms. The first kappa shape index (κ1) is 18.5. The van der Waals surface area contributed by atoms with Crippen LogP contribution in [0.4, 0.5) is 0 Å². The lowest BCUT2D eigenvalue weighted by molar-refractivity contribution is -0.149. The van der Waals surface area contributed by atoms with E-state index in [1.807, 2.05) is 0 Å². The van der Waals surface area contributed by atoms with Crippen LogP contribution in [0.5, 0.6) is 0 Å². The van der Waals surface area contributed by atoms with Crippen LogP contribution in [-0.2, 0) is 9.53 Å². The summed E-state index contributed by atoms with van der Waals surface area (Å²) < 4.78 is 5.38. The summed E-state index contributed by atoms with van der Waals surface area (Å²) in [4.78, 5) is 11.9. The minimum absolute atomic E-state index is 0.0311. The van der Waals surface area contributed by atoms with E-state index in [1.54, 1.807) is 0 Å². The number of hydrogen-bond donors (Lipinski definition) is 0. The highest BCUT2D eigenvalue weighted by atomic mass is 16.5. The number of carbonyl (C=O) groups is 1. The van der Waals surface area contributed by atoms with E-state index in [1.165, 1.54) is 32.1 Å². The third kappa shape index (κ3) is 11.0. The van der Waals surface area contributed by atoms with Crippen molar-refractivity contribution in [1.82, 2.24) is 0 Å². The molecule has 0 bridgehead atoms. The molecule has 0 aromatic rings. The van der Waals surface area contributed by atoms with Crippen molar-refractivity contribution in [2.75, 3.05) is 6.61 Å². The molecule has 0 radical (unpaired) electrons. The maximum Gasteiger partial charge on any atom is 0.308 e. The third-order valence-electron chi connectivity index (χ3n) is 3.65. The molecule has 0 saturated heterocycles. The molecule has 2 nitrogen and oxygen atoms in total. The molecule has 1 atom stereocenters. The van der Waals surface area contributed by atoms with Crippen molar-refractivity contribution < 1.29 is 9.53 Å². The minimum Gasteiger partial charge on any atom is -0.465 e. The summed E-state index contributed by atoms with van der Waals surface area (Å²) in [6.07, 6.45) is 10.2. The lowest BCUT2D eigenvalue weighted by Crippen LogP contribution is -2.17. The minimum atomic E-state index is 0.0311. The summed E-state index contributed by atoms with van der Waals surface area (Å²) >= 11 is 0. The summed E-state index contributed by atoms with van der Waals surface area (Å²) in [7, 11) is 0. The van der Waals surface area contributed by atoms with Crippen molar-refractivity contribution in [1.29, 1.82) is 0 Å². The summed E-state index contributed by atoms with van der Waals surface area (Å²) in [6.45, 7) is 9.40. The van der Waals surface area contributed by atoms with Crippen molar-refractivity contribution in [3.05, 3.63) is 0 Å². The summed E-state index contributed by atoms with van der Waals surface area (Å²) in [5.74, 6) is 0.924. The van der Waals surface area contributed by atoms with E-state index in [0.717, 1.165) is 31.6 Å². The van der Waals surface area contributed by atoms with Gasteiger partial charge >= 0.3 is 5.97 Å². The Hall–Kier alpha value is -0.530. The molecule has 0 rings (SSSR count). The predicted octanol–water partition coefficient (Wildman–Crippen LogP) is 5.35. The molecule has 19 heavy (non-hydrogen) atoms. The van der Waals surface area contributed by atoms with Gasteiger partial charge in [-0.25, -0.2) is 0 Å². The maximum atomic E-state index is 11.9. The molecule has 0 aliphatic rings. The second kappa shape index (κ2) is 12.5. The van der Waals surface area contributed by atoms with Crippen LogP contribution in [-0.4, -0.2) is 12.6 Å². The summed E-state index contributed by atoms with van der Waals surface area (Å²) in [5.41, 5.74) is 0. The SMILES string of the molecule is CCCCCCOC(=O)C(CC)CCCCC(C)C. The fourth-order valence-electron chi connectivity index (χ4n) is 2.25. The van der Waals surface area contributed by atoms with Crippen molar-refractivity contribution >= 4 is 5.97 Å². The van der Waals surface area contributed by atoms with Gasteiger partial charge in [-0.05, 0) is 25.2 Å². The van der Waals surface area contributed by atoms with E-state index >= 15 is 0 Å². The van der Waals surface area contributed by atoms with Crippen LogP contribution < -0.4 is 0 Å². The highest BCUT2D eigenvalue weighted by molar-refractivity contribution is 5.72. The van der Waals surface area contributed by atoms with Gasteiger partial charge in [0.05, 0.1) is 12.5 Å². The van der Waals surface area contributed by atoms with Crippen molar-refractivity contribution in [2.24, 2.45) is 11.8 Å². The van der Waals surface area contributed by atoms with Gasteiger partial charge in [0, 0.05) is 0 Å². The van der Waals surface area contributed by atoms with Crippen LogP contribution in [0.25, 0.3) is 0 Å². The van der Waals surface area contributed by atoms with Gasteiger partial charge in [-0.3, -0.25) is 4.79 Å². The van der Waals surface area contributed by atoms with Gasteiger partial charge in [0.15, 0.2) is 0 Å². The number of ether oxygens (including phenoxy) is 1. The van der Waals surface area contributed by atoms with Crippen LogP contribution in [0.3, 0.4) is 0 Å². The monoisotopic (exact) mass is 270 g/mol. The summed E-state index contributed by atoms with van der Waals surface area (Å²) in [6, 6.07) is 0. The Balaban J connectivity index is 3.66. The van der Waals surface area contributed by atoms with E-state index in [2.05, 4.69) is 27.7 Å². The molecule has 114 valence electrons. The Bertz CT molecular complexity index is 211. The molecule has 0 aromatic carbocycles. The number of unbranched alkanes of at least 4 members (excludes halogenated alkanes) is 4. The van der Waals surface area contributed by atoms with Gasteiger partial charge in [-0.2, -0.15) is 0 Å². The van der Waals surface area contributed by atoms with E-state index in [-0.39, 0.29) is 11.9 Å². The van der Waals surface area contributed by atoms with Crippen LogP contribution >= 0.6 is 0 Å². The van der Waals surface area contributed by atoms with E-state index < -0.39 is 0 Å². The molecule has 0 saturated carbocycles. The number of carbonyl (C=O) groups excluding carboxylic acids is 1. The number of hydrogen-bond acceptors (Lipinski definition) is 2. The van der Waals surface area contributed by atoms with Gasteiger partial charge in [-0.15, -0.1) is 0 Å². The van der Waals surface area contributed by atoms with Crippen LogP contribution in [0.15, 0.2) is 0 Å². The van der Waals surface area contributed by atoms with Gasteiger partial charge < -0.3 is 4.74 Å². The lowest BCUT2D eigenvalue weighted by atomic mass is 9.97. The largest absolute Gasteiger partial charge is 0.465 e. The third-order valence-corrected chi connectivity index (χ3v) is 3.65. The Labute approximate surface area is 120 Å². The molecule has 0 aliphatic heterocycles. The Kier molecular flexibility index (Phi) is 12.2. The first-order valence-corrected chi connectivity index (χ1v) is 8.28. The summed E-state index contributed by atoms with van der Waals surface area (Å²) in [5, 5.41) is 0. The zero-order valence-corrected chi connectivity index (χ0v) is 13.5. The highest BCUT2D eigenvalue weighted by Gasteiger charge is 2.17. The quantitative estimate of drug-likeness (QED) is 0.353. The van der Waals surface area contributed by atoms with E-state index in [4.69, 9.17) is 4.74 Å². The van der Waals surface area contributed by atoms with Gasteiger partial charge in [0.2, 0.25) is 0 Å². The molecule has 2 heteroatoms. The van der Waals surface area contributed by atoms with Crippen molar-refractivity contribution in [3.63, 3.8) is 0 Å². The number of esters is 1. The molecular weight excluding hydrogens is 236 g/mol. The van der Waals surface area contributed by atoms with Crippen molar-refractivity contribution in [3.8, 4) is 0 Å². The highest BCUT2D eigenvalue weighted by Crippen LogP contribution is 2.17. The zero-order chi connectivity index (χ0) is 14.5. The van der Waals surface area contributed by atoms with Gasteiger partial charge in [-0.1, -0.05) is 66.2 Å². The molecular formula is C17H34O2. The van der Waals surface area contributed by atoms with Crippen LogP contribution in [0.1, 0.15) is 85.5 Å². The molecule has 1 unspecified atom stereocenters. The smallest absolute Gasteiger partial charge is 0.308 e. The fraction of sp³-hybridized carbons (Fsp3) is 0.941. The Morgan fingerprint density at radius 2 is 1.63 bits per heavy atom. The average molecular weight is 270 g/mol. The Morgan fingerprint density at radius 3 is 2.21 bits per heavy atom. The Morgan fingerprint density at radius 1 is 0.947 bits per heavy atom. The first-order chi connectivity index (χ1) is 9.11. The molecule has 0 amide bonds. The first-order valence-electron chi connectivity index (χ1n) is 8.28. The fourth-order valence-corrected chi connectivity index (χ4v) is 2.25. The van der Waals surface area contributed by atoms with Gasteiger partial charge in [0.25, 0.3) is 0 Å². The molecule has 0 aliphatic carbocycles. The van der Waals surface area contributed by atoms with Crippen LogP contribution in [0.2, 0.25) is 0 Å². The second-order valence-corrected chi connectivity index (χ2v) is 6.01. The van der Waals surface area contributed by atoms with Crippen molar-refractivity contribution in [2.45, 2.75) is 85.5 Å². The van der Waals surface area contributed by atoms with E-state index in [9.17, 15) is 4.79 Å². The second-order valence-electron chi connectivity index (χ2n) is 6.01. The average Bonchev–Trinajstić information content (AvgIpc) is 2.38. The zero-order valence-electron chi connectivity index (χ0n) is 13.5. The number of rotatable bonds is 12. The normalized spacial score (nSPS) is 12.7. The molecule has 0 heterocycles. The standard InChI is InChI=1S/C17H34O2/c1-5-7-8-11-14-19-17(18)16(6-2)13-10-9-12-15(3)4/h15-16H,5-14H2,1-4H3.